The van der Waals surface area contributed by atoms with Crippen LogP contribution in [0.2, 0.25) is 0 Å². The van der Waals surface area contributed by atoms with Gasteiger partial charge in [0.2, 0.25) is 10.0 Å². The first-order chi connectivity index (χ1) is 21.3. The van der Waals surface area contributed by atoms with Gasteiger partial charge in [-0.05, 0) is 66.9 Å². The van der Waals surface area contributed by atoms with E-state index in [0.29, 0.717) is 18.8 Å². The summed E-state index contributed by atoms with van der Waals surface area (Å²) in [5.41, 5.74) is 1.23. The molecule has 1 fully saturated rings. The van der Waals surface area contributed by atoms with E-state index in [1.54, 1.807) is 54.6 Å². The molecule has 230 valence electrons. The van der Waals surface area contributed by atoms with Gasteiger partial charge in [-0.1, -0.05) is 67.1 Å². The van der Waals surface area contributed by atoms with E-state index >= 15 is 0 Å². The van der Waals surface area contributed by atoms with Gasteiger partial charge in [0.1, 0.15) is 12.4 Å². The molecule has 1 amide bonds. The number of amides is 1. The van der Waals surface area contributed by atoms with Crippen LogP contribution in [-0.2, 0) is 26.6 Å². The molecule has 0 atom stereocenters. The van der Waals surface area contributed by atoms with Crippen molar-refractivity contribution in [1.82, 2.24) is 9.62 Å². The molecule has 4 aromatic carbocycles. The van der Waals surface area contributed by atoms with E-state index in [9.17, 15) is 21.6 Å². The molecule has 0 aromatic heterocycles. The lowest BCUT2D eigenvalue weighted by molar-refractivity contribution is 0.0947. The Morgan fingerprint density at radius 1 is 0.727 bits per heavy atom. The van der Waals surface area contributed by atoms with Crippen LogP contribution in [0.25, 0.3) is 0 Å². The summed E-state index contributed by atoms with van der Waals surface area (Å²) in [7, 11) is -7.54. The summed E-state index contributed by atoms with van der Waals surface area (Å²) in [5, 5.41) is 2.81. The molecule has 4 aromatic rings. The lowest BCUT2D eigenvalue weighted by atomic mass is 10.1. The topological polar surface area (TPSA) is 113 Å². The second-order valence-corrected chi connectivity index (χ2v) is 14.2. The summed E-state index contributed by atoms with van der Waals surface area (Å²) in [5.74, 6) is 0.0220. The van der Waals surface area contributed by atoms with Gasteiger partial charge >= 0.3 is 0 Å². The predicted molar refractivity (Wildman–Crippen MR) is 170 cm³/mol. The molecule has 9 nitrogen and oxygen atoms in total. The van der Waals surface area contributed by atoms with Crippen LogP contribution in [0.1, 0.15) is 35.2 Å². The smallest absolute Gasteiger partial charge is 0.264 e. The Morgan fingerprint density at radius 2 is 1.34 bits per heavy atom. The highest BCUT2D eigenvalue weighted by atomic mass is 32.2. The molecule has 44 heavy (non-hydrogen) atoms. The minimum absolute atomic E-state index is 0.0367. The number of piperidine rings is 1. The number of para-hydroxylation sites is 1. The van der Waals surface area contributed by atoms with Gasteiger partial charge in [0.05, 0.1) is 34.1 Å². The lowest BCUT2D eigenvalue weighted by Crippen LogP contribution is -2.35. The van der Waals surface area contributed by atoms with E-state index in [0.717, 1.165) is 24.8 Å². The Hall–Kier alpha value is -4.19. The molecule has 1 aliphatic rings. The molecule has 0 unspecified atom stereocenters. The van der Waals surface area contributed by atoms with Gasteiger partial charge in [-0.25, -0.2) is 16.8 Å². The van der Waals surface area contributed by atoms with Gasteiger partial charge in [0, 0.05) is 13.1 Å². The zero-order valence-corrected chi connectivity index (χ0v) is 25.8. The average Bonchev–Trinajstić information content (AvgIpc) is 3.07. The molecule has 5 rings (SSSR count). The second-order valence-electron chi connectivity index (χ2n) is 10.4. The fourth-order valence-electron chi connectivity index (χ4n) is 5.04. The molecular weight excluding hydrogens is 599 g/mol. The number of nitrogens with zero attached hydrogens (tertiary/aromatic N) is 2. The Labute approximate surface area is 259 Å². The maximum Gasteiger partial charge on any atom is 0.264 e. The summed E-state index contributed by atoms with van der Waals surface area (Å²) in [6.07, 6.45) is 2.77. The van der Waals surface area contributed by atoms with Crippen LogP contribution in [0.3, 0.4) is 0 Å². The number of hydrogen-bond acceptors (Lipinski definition) is 6. The Bertz CT molecular complexity index is 1760. The Morgan fingerprint density at radius 3 is 2.02 bits per heavy atom. The van der Waals surface area contributed by atoms with Crippen LogP contribution >= 0.6 is 0 Å². The number of carbonyl (C=O) groups is 1. The van der Waals surface area contributed by atoms with Crippen molar-refractivity contribution < 1.29 is 26.4 Å². The second kappa shape index (κ2) is 14.1. The monoisotopic (exact) mass is 633 g/mol. The van der Waals surface area contributed by atoms with Gasteiger partial charge in [0.25, 0.3) is 15.9 Å². The van der Waals surface area contributed by atoms with Gasteiger partial charge in [-0.3, -0.25) is 9.10 Å². The largest absolute Gasteiger partial charge is 0.492 e. The summed E-state index contributed by atoms with van der Waals surface area (Å²) < 4.78 is 62.0. The van der Waals surface area contributed by atoms with Crippen molar-refractivity contribution in [2.45, 2.75) is 35.6 Å². The van der Waals surface area contributed by atoms with Crippen LogP contribution in [0.15, 0.2) is 119 Å². The fourth-order valence-corrected chi connectivity index (χ4v) is 8.05. The zero-order valence-electron chi connectivity index (χ0n) is 24.2. The number of nitrogens with one attached hydrogen (secondary N) is 1. The highest BCUT2D eigenvalue weighted by Crippen LogP contribution is 2.29. The van der Waals surface area contributed by atoms with Crippen molar-refractivity contribution in [3.05, 3.63) is 120 Å². The van der Waals surface area contributed by atoms with E-state index in [2.05, 4.69) is 5.32 Å². The average molecular weight is 634 g/mol. The highest BCUT2D eigenvalue weighted by Gasteiger charge is 2.29. The summed E-state index contributed by atoms with van der Waals surface area (Å²) in [4.78, 5) is 13.7. The number of ether oxygens (including phenoxy) is 1. The third-order valence-electron chi connectivity index (χ3n) is 7.35. The van der Waals surface area contributed by atoms with Crippen LogP contribution in [0.4, 0.5) is 5.69 Å². The maximum atomic E-state index is 13.8. The molecule has 11 heteroatoms. The number of rotatable bonds is 12. The molecule has 0 spiro atoms. The number of carbonyl (C=O) groups excluding carboxylic acids is 1. The van der Waals surface area contributed by atoms with Crippen molar-refractivity contribution >= 4 is 31.6 Å². The number of hydrogen-bond donors (Lipinski definition) is 1. The van der Waals surface area contributed by atoms with E-state index in [1.165, 1.54) is 32.9 Å². The number of benzene rings is 4. The Balaban J connectivity index is 1.26. The molecule has 0 aliphatic carbocycles. The SMILES string of the molecule is O=C(NCCOc1ccc(S(=O)(=O)N2CCCCC2)cc1)c1ccccc1N(Cc1ccccc1)S(=O)(=O)c1ccccc1. The zero-order chi connectivity index (χ0) is 31.0. The standard InChI is InChI=1S/C33H35N3O6S2/c37-33(34-22-25-42-28-18-20-30(21-19-28)43(38,39)35-23-10-3-11-24-35)31-16-8-9-17-32(31)36(26-27-12-4-1-5-13-27)44(40,41)29-14-6-2-7-15-29/h1-2,4-9,12-21H,3,10-11,22-26H2,(H,34,37). The van der Waals surface area contributed by atoms with Crippen LogP contribution < -0.4 is 14.4 Å². The van der Waals surface area contributed by atoms with Crippen molar-refractivity contribution in [1.29, 1.82) is 0 Å². The highest BCUT2D eigenvalue weighted by molar-refractivity contribution is 7.92. The molecule has 0 bridgehead atoms. The van der Waals surface area contributed by atoms with Crippen molar-refractivity contribution in [3.8, 4) is 5.75 Å². The van der Waals surface area contributed by atoms with Crippen LogP contribution in [0.5, 0.6) is 5.75 Å². The molecule has 1 heterocycles. The van der Waals surface area contributed by atoms with Gasteiger partial charge < -0.3 is 10.1 Å². The molecule has 1 N–H and O–H groups in total. The van der Waals surface area contributed by atoms with Crippen molar-refractivity contribution in [2.75, 3.05) is 30.5 Å². The van der Waals surface area contributed by atoms with Crippen molar-refractivity contribution in [3.63, 3.8) is 0 Å². The third kappa shape index (κ3) is 7.29. The van der Waals surface area contributed by atoms with Gasteiger partial charge in [0.15, 0.2) is 0 Å². The summed E-state index contributed by atoms with van der Waals surface area (Å²) >= 11 is 0. The molecule has 0 saturated carbocycles. The molecule has 1 aliphatic heterocycles. The van der Waals surface area contributed by atoms with Crippen LogP contribution in [-0.4, -0.2) is 53.3 Å². The molecule has 1 saturated heterocycles. The normalized spacial score (nSPS) is 14.1. The van der Waals surface area contributed by atoms with Crippen molar-refractivity contribution in [2.24, 2.45) is 0 Å². The predicted octanol–water partition coefficient (Wildman–Crippen LogP) is 5.07. The third-order valence-corrected chi connectivity index (χ3v) is 11.0. The van der Waals surface area contributed by atoms with E-state index < -0.39 is 26.0 Å². The minimum Gasteiger partial charge on any atom is -0.492 e. The van der Waals surface area contributed by atoms with Crippen LogP contribution in [0, 0.1) is 0 Å². The Kier molecular flexibility index (Phi) is 9.99. The van der Waals surface area contributed by atoms with Gasteiger partial charge in [-0.2, -0.15) is 4.31 Å². The van der Waals surface area contributed by atoms with E-state index in [-0.39, 0.29) is 40.7 Å². The van der Waals surface area contributed by atoms with Gasteiger partial charge in [-0.15, -0.1) is 0 Å². The first-order valence-corrected chi connectivity index (χ1v) is 17.4. The first kappa shape index (κ1) is 31.2. The summed E-state index contributed by atoms with van der Waals surface area (Å²) in [6.45, 7) is 1.37. The number of anilines is 1. The summed E-state index contributed by atoms with van der Waals surface area (Å²) in [6, 6.07) is 30.2. The first-order valence-electron chi connectivity index (χ1n) is 14.5. The lowest BCUT2D eigenvalue weighted by Gasteiger charge is -2.26. The maximum absolute atomic E-state index is 13.8. The quantitative estimate of drug-likeness (QED) is 0.218. The molecule has 0 radical (unpaired) electrons. The van der Waals surface area contributed by atoms with E-state index in [4.69, 9.17) is 4.74 Å². The fraction of sp³-hybridized carbons (Fsp3) is 0.242. The molecular formula is C33H35N3O6S2. The minimum atomic E-state index is -4.01. The number of sulfonamides is 2. The van der Waals surface area contributed by atoms with E-state index in [1.807, 2.05) is 30.3 Å².